The molecule has 0 aromatic heterocycles. The fourth-order valence-electron chi connectivity index (χ4n) is 0.189. The van der Waals surface area contributed by atoms with Crippen LogP contribution in [0.25, 0.3) is 0 Å². The molecule has 0 aliphatic heterocycles. The molecule has 0 aliphatic carbocycles. The standard InChI is InChI=1S/C3H7BrNO2S/c1-5-8(6,7)3-2-4/h2-3H2,1H3. The van der Waals surface area contributed by atoms with E-state index in [1.807, 2.05) is 0 Å². The third-order valence-electron chi connectivity index (χ3n) is 0.613. The number of alkyl halides is 1. The van der Waals surface area contributed by atoms with Crippen LogP contribution in [0, 0.1) is 0 Å². The molecule has 0 saturated carbocycles. The SMILES string of the molecule is C[N]S(=O)(=O)CCBr. The van der Waals surface area contributed by atoms with Gasteiger partial charge in [0.25, 0.3) is 0 Å². The molecule has 0 atom stereocenters. The summed E-state index contributed by atoms with van der Waals surface area (Å²) in [5.41, 5.74) is 0. The molecular weight excluding hydrogens is 194 g/mol. The van der Waals surface area contributed by atoms with E-state index in [4.69, 9.17) is 0 Å². The van der Waals surface area contributed by atoms with Crippen LogP contribution in [0.1, 0.15) is 0 Å². The Balaban J connectivity index is 3.76. The van der Waals surface area contributed by atoms with Gasteiger partial charge in [0.1, 0.15) is 0 Å². The summed E-state index contributed by atoms with van der Waals surface area (Å²) >= 11 is 2.99. The van der Waals surface area contributed by atoms with Crippen LogP contribution in [0.5, 0.6) is 0 Å². The van der Waals surface area contributed by atoms with Crippen molar-refractivity contribution in [3.63, 3.8) is 0 Å². The summed E-state index contributed by atoms with van der Waals surface area (Å²) < 4.78 is 24.0. The van der Waals surface area contributed by atoms with Gasteiger partial charge < -0.3 is 0 Å². The van der Waals surface area contributed by atoms with Crippen molar-refractivity contribution in [2.45, 2.75) is 0 Å². The molecule has 0 heterocycles. The van der Waals surface area contributed by atoms with E-state index < -0.39 is 10.0 Å². The lowest BCUT2D eigenvalue weighted by Crippen LogP contribution is -2.16. The largest absolute Gasteiger partial charge is 0.228 e. The average molecular weight is 201 g/mol. The number of hydrogen-bond donors (Lipinski definition) is 0. The molecule has 0 amide bonds. The van der Waals surface area contributed by atoms with E-state index in [9.17, 15) is 8.42 Å². The molecule has 0 N–H and O–H groups in total. The minimum absolute atomic E-state index is 0.0868. The summed E-state index contributed by atoms with van der Waals surface area (Å²) in [5.74, 6) is 0.0868. The predicted molar refractivity (Wildman–Crippen MR) is 35.6 cm³/mol. The molecule has 0 fully saturated rings. The number of rotatable bonds is 3. The second kappa shape index (κ2) is 3.42. The molecule has 1 radical (unpaired) electrons. The highest BCUT2D eigenvalue weighted by atomic mass is 79.9. The minimum atomic E-state index is -3.09. The maximum Gasteiger partial charge on any atom is 0.228 e. The number of hydrogen-bond acceptors (Lipinski definition) is 2. The van der Waals surface area contributed by atoms with Crippen molar-refractivity contribution < 1.29 is 8.42 Å². The minimum Gasteiger partial charge on any atom is -0.211 e. The summed E-state index contributed by atoms with van der Waals surface area (Å²) in [4.78, 5) is 0. The molecule has 0 bridgehead atoms. The molecule has 49 valence electrons. The summed E-state index contributed by atoms with van der Waals surface area (Å²) in [6.07, 6.45) is 0. The lowest BCUT2D eigenvalue weighted by atomic mass is 11.0. The van der Waals surface area contributed by atoms with Gasteiger partial charge in [0.05, 0.1) is 5.75 Å². The van der Waals surface area contributed by atoms with E-state index in [-0.39, 0.29) is 5.75 Å². The van der Waals surface area contributed by atoms with Crippen molar-refractivity contribution in [2.75, 3.05) is 18.1 Å². The van der Waals surface area contributed by atoms with E-state index in [0.717, 1.165) is 0 Å². The Labute approximate surface area is 57.6 Å². The van der Waals surface area contributed by atoms with E-state index in [1.54, 1.807) is 0 Å². The van der Waals surface area contributed by atoms with Gasteiger partial charge in [-0.2, -0.15) is 0 Å². The molecule has 0 aromatic carbocycles. The van der Waals surface area contributed by atoms with Crippen molar-refractivity contribution in [1.29, 1.82) is 0 Å². The first kappa shape index (κ1) is 8.39. The molecule has 8 heavy (non-hydrogen) atoms. The van der Waals surface area contributed by atoms with E-state index in [2.05, 4.69) is 20.7 Å². The topological polar surface area (TPSA) is 48.2 Å². The third kappa shape index (κ3) is 3.40. The Morgan fingerprint density at radius 1 is 1.62 bits per heavy atom. The molecule has 0 aliphatic rings. The first-order chi connectivity index (χ1) is 3.62. The van der Waals surface area contributed by atoms with Crippen molar-refractivity contribution in [3.05, 3.63) is 0 Å². The second-order valence-corrected chi connectivity index (χ2v) is 3.89. The van der Waals surface area contributed by atoms with Crippen molar-refractivity contribution in [3.8, 4) is 0 Å². The van der Waals surface area contributed by atoms with Gasteiger partial charge in [-0.25, -0.2) is 8.42 Å². The fourth-order valence-corrected chi connectivity index (χ4v) is 1.79. The zero-order valence-electron chi connectivity index (χ0n) is 4.46. The van der Waals surface area contributed by atoms with Crippen molar-refractivity contribution in [2.24, 2.45) is 0 Å². The molecule has 0 aromatic rings. The van der Waals surface area contributed by atoms with Gasteiger partial charge in [0.2, 0.25) is 10.0 Å². The highest BCUT2D eigenvalue weighted by molar-refractivity contribution is 9.09. The van der Waals surface area contributed by atoms with Gasteiger partial charge in [-0.3, -0.25) is 0 Å². The van der Waals surface area contributed by atoms with Crippen LogP contribution in [-0.4, -0.2) is 26.5 Å². The summed E-state index contributed by atoms with van der Waals surface area (Å²) in [6, 6.07) is 0. The van der Waals surface area contributed by atoms with Gasteiger partial charge in [-0.05, 0) is 0 Å². The zero-order chi connectivity index (χ0) is 6.62. The summed E-state index contributed by atoms with van der Waals surface area (Å²) in [7, 11) is -1.82. The van der Waals surface area contributed by atoms with Crippen LogP contribution < -0.4 is 4.72 Å². The fraction of sp³-hybridized carbons (Fsp3) is 1.00. The molecule has 5 heteroatoms. The summed E-state index contributed by atoms with van der Waals surface area (Å²) in [6.45, 7) is 0. The van der Waals surface area contributed by atoms with Gasteiger partial charge in [-0.15, -0.1) is 4.72 Å². The van der Waals surface area contributed by atoms with Crippen LogP contribution in [0.3, 0.4) is 0 Å². The number of nitrogens with zero attached hydrogens (tertiary/aromatic N) is 1. The highest BCUT2D eigenvalue weighted by Gasteiger charge is 2.04. The Morgan fingerprint density at radius 2 is 2.12 bits per heavy atom. The molecule has 0 unspecified atom stereocenters. The summed E-state index contributed by atoms with van der Waals surface area (Å²) in [5, 5.41) is 0.451. The monoisotopic (exact) mass is 200 g/mol. The smallest absolute Gasteiger partial charge is 0.211 e. The van der Waals surface area contributed by atoms with E-state index >= 15 is 0 Å². The lowest BCUT2D eigenvalue weighted by Gasteiger charge is -1.92. The molecule has 3 nitrogen and oxygen atoms in total. The Hall–Kier alpha value is 0.390. The Kier molecular flexibility index (Phi) is 3.59. The predicted octanol–water partition coefficient (Wildman–Crippen LogP) is -0.0547. The lowest BCUT2D eigenvalue weighted by molar-refractivity contribution is 0.589. The van der Waals surface area contributed by atoms with Crippen LogP contribution in [0.2, 0.25) is 0 Å². The molecular formula is C3H7BrNO2S. The Morgan fingerprint density at radius 3 is 2.25 bits per heavy atom. The number of halogens is 1. The maximum absolute atomic E-state index is 10.4. The van der Waals surface area contributed by atoms with Crippen LogP contribution in [-0.2, 0) is 10.0 Å². The quantitative estimate of drug-likeness (QED) is 0.601. The molecule has 0 rings (SSSR count). The Bertz CT molecular complexity index is 141. The van der Waals surface area contributed by atoms with Crippen molar-refractivity contribution in [1.82, 2.24) is 4.72 Å². The second-order valence-electron chi connectivity index (χ2n) is 1.16. The van der Waals surface area contributed by atoms with Crippen molar-refractivity contribution >= 4 is 26.0 Å². The van der Waals surface area contributed by atoms with Gasteiger partial charge in [-0.1, -0.05) is 15.9 Å². The first-order valence-corrected chi connectivity index (χ1v) is 4.75. The first-order valence-electron chi connectivity index (χ1n) is 2.02. The van der Waals surface area contributed by atoms with Crippen LogP contribution in [0.15, 0.2) is 0 Å². The molecule has 0 saturated heterocycles. The zero-order valence-corrected chi connectivity index (χ0v) is 6.87. The highest BCUT2D eigenvalue weighted by Crippen LogP contribution is 1.87. The number of sulfonamides is 1. The van der Waals surface area contributed by atoms with Crippen LogP contribution >= 0.6 is 15.9 Å². The van der Waals surface area contributed by atoms with E-state index in [1.165, 1.54) is 7.05 Å². The maximum atomic E-state index is 10.4. The van der Waals surface area contributed by atoms with E-state index in [0.29, 0.717) is 5.33 Å². The normalized spacial score (nSPS) is 11.8. The average Bonchev–Trinajstić information content (AvgIpc) is 1.67. The third-order valence-corrected chi connectivity index (χ3v) is 2.81. The van der Waals surface area contributed by atoms with Gasteiger partial charge in [0.15, 0.2) is 0 Å². The molecule has 0 spiro atoms. The van der Waals surface area contributed by atoms with Gasteiger partial charge >= 0.3 is 0 Å². The van der Waals surface area contributed by atoms with Gasteiger partial charge in [0, 0.05) is 12.4 Å². The van der Waals surface area contributed by atoms with Crippen LogP contribution in [0.4, 0.5) is 0 Å².